The molecule has 0 amide bonds. The van der Waals surface area contributed by atoms with Crippen LogP contribution in [0.3, 0.4) is 0 Å². The molecule has 2 aromatic rings. The highest BCUT2D eigenvalue weighted by atomic mass is 32.2. The van der Waals surface area contributed by atoms with Crippen molar-refractivity contribution in [3.05, 3.63) is 41.3 Å². The lowest BCUT2D eigenvalue weighted by molar-refractivity contribution is 0.599. The van der Waals surface area contributed by atoms with Crippen molar-refractivity contribution in [3.8, 4) is 6.07 Å². The summed E-state index contributed by atoms with van der Waals surface area (Å²) in [5.41, 5.74) is -0.183. The second-order valence-electron chi connectivity index (χ2n) is 3.19. The first-order valence-electron chi connectivity index (χ1n) is 4.65. The second-order valence-corrected chi connectivity index (χ2v) is 6.18. The predicted octanol–water partition coefficient (Wildman–Crippen LogP) is 1.95. The molecule has 0 atom stereocenters. The summed E-state index contributed by atoms with van der Waals surface area (Å²) in [6.45, 7) is 0. The zero-order chi connectivity index (χ0) is 13.2. The summed E-state index contributed by atoms with van der Waals surface area (Å²) in [6.07, 6.45) is 2.18. The van der Waals surface area contributed by atoms with Gasteiger partial charge in [0.15, 0.2) is 5.82 Å². The van der Waals surface area contributed by atoms with Crippen LogP contribution in [0.25, 0.3) is 0 Å². The fraction of sp³-hybridized carbons (Fsp3) is 0. The molecule has 0 radical (unpaired) electrons. The molecule has 0 aromatic carbocycles. The molecule has 2 aromatic heterocycles. The van der Waals surface area contributed by atoms with Crippen LogP contribution < -0.4 is 4.72 Å². The zero-order valence-corrected chi connectivity index (χ0v) is 10.4. The van der Waals surface area contributed by atoms with E-state index in [1.54, 1.807) is 0 Å². The third-order valence-electron chi connectivity index (χ3n) is 1.97. The Bertz CT molecular complexity index is 719. The Morgan fingerprint density at radius 3 is 2.78 bits per heavy atom. The van der Waals surface area contributed by atoms with Gasteiger partial charge in [-0.15, -0.1) is 11.3 Å². The van der Waals surface area contributed by atoms with Gasteiger partial charge in [0.05, 0.1) is 11.9 Å². The number of nitrogens with one attached hydrogen (secondary N) is 1. The number of thiophene rings is 1. The van der Waals surface area contributed by atoms with Gasteiger partial charge in [0.2, 0.25) is 0 Å². The molecule has 92 valence electrons. The molecule has 0 aliphatic carbocycles. The summed E-state index contributed by atoms with van der Waals surface area (Å²) in [5, 5.41) is 8.63. The van der Waals surface area contributed by atoms with Crippen molar-refractivity contribution >= 4 is 27.0 Å². The largest absolute Gasteiger partial charge is 0.276 e. The molecule has 2 rings (SSSR count). The summed E-state index contributed by atoms with van der Waals surface area (Å²) in [6, 6.07) is 5.74. The van der Waals surface area contributed by atoms with Crippen LogP contribution in [0.5, 0.6) is 0 Å². The van der Waals surface area contributed by atoms with Gasteiger partial charge in [-0.1, -0.05) is 0 Å². The summed E-state index contributed by atoms with van der Waals surface area (Å²) in [7, 11) is -3.88. The summed E-state index contributed by atoms with van der Waals surface area (Å²) in [4.78, 5) is 3.78. The molecule has 0 saturated heterocycles. The molecule has 8 heteroatoms. The lowest BCUT2D eigenvalue weighted by Gasteiger charge is -2.06. The van der Waals surface area contributed by atoms with Crippen molar-refractivity contribution in [1.29, 1.82) is 5.26 Å². The first-order valence-corrected chi connectivity index (χ1v) is 6.95. The Balaban J connectivity index is 2.34. The summed E-state index contributed by atoms with van der Waals surface area (Å²) in [5.74, 6) is -0.766. The Labute approximate surface area is 107 Å². The highest BCUT2D eigenvalue weighted by Crippen LogP contribution is 2.24. The fourth-order valence-electron chi connectivity index (χ4n) is 1.18. The molecular weight excluding hydrogens is 277 g/mol. The van der Waals surface area contributed by atoms with Crippen LogP contribution in [0.2, 0.25) is 0 Å². The molecule has 0 unspecified atom stereocenters. The van der Waals surface area contributed by atoms with Crippen molar-refractivity contribution in [2.45, 2.75) is 4.21 Å². The molecule has 0 saturated carbocycles. The molecule has 1 N–H and O–H groups in total. The average Bonchev–Trinajstić information content (AvgIpc) is 2.81. The number of hydrogen-bond acceptors (Lipinski definition) is 5. The van der Waals surface area contributed by atoms with Gasteiger partial charge in [-0.25, -0.2) is 12.8 Å². The van der Waals surface area contributed by atoms with E-state index in [4.69, 9.17) is 5.26 Å². The third-order valence-corrected chi connectivity index (χ3v) is 4.82. The quantitative estimate of drug-likeness (QED) is 0.933. The number of nitriles is 1. The lowest BCUT2D eigenvalue weighted by atomic mass is 10.4. The van der Waals surface area contributed by atoms with E-state index < -0.39 is 15.8 Å². The van der Waals surface area contributed by atoms with Gasteiger partial charge in [0.1, 0.15) is 15.2 Å². The van der Waals surface area contributed by atoms with Crippen LogP contribution >= 0.6 is 11.3 Å². The summed E-state index contributed by atoms with van der Waals surface area (Å²) < 4.78 is 39.1. The highest BCUT2D eigenvalue weighted by Gasteiger charge is 2.18. The maximum absolute atomic E-state index is 13.3. The molecule has 0 aliphatic heterocycles. The van der Waals surface area contributed by atoms with Gasteiger partial charge < -0.3 is 0 Å². The molecule has 0 bridgehead atoms. The zero-order valence-electron chi connectivity index (χ0n) is 8.79. The van der Waals surface area contributed by atoms with Crippen molar-refractivity contribution in [3.63, 3.8) is 0 Å². The van der Waals surface area contributed by atoms with Gasteiger partial charge in [-0.3, -0.25) is 9.71 Å². The van der Waals surface area contributed by atoms with E-state index in [1.165, 1.54) is 24.4 Å². The Morgan fingerprint density at radius 1 is 1.39 bits per heavy atom. The molecule has 0 spiro atoms. The van der Waals surface area contributed by atoms with E-state index in [0.29, 0.717) is 0 Å². The number of rotatable bonds is 3. The highest BCUT2D eigenvalue weighted by molar-refractivity contribution is 7.94. The smallest absolute Gasteiger partial charge is 0.271 e. The normalized spacial score (nSPS) is 10.9. The van der Waals surface area contributed by atoms with Crippen molar-refractivity contribution in [2.75, 3.05) is 4.72 Å². The minimum Gasteiger partial charge on any atom is -0.276 e. The molecule has 0 fully saturated rings. The van der Waals surface area contributed by atoms with Crippen LogP contribution in [0.15, 0.2) is 34.8 Å². The van der Waals surface area contributed by atoms with Gasteiger partial charge >= 0.3 is 0 Å². The first-order chi connectivity index (χ1) is 8.53. The van der Waals surface area contributed by atoms with Gasteiger partial charge in [-0.2, -0.15) is 5.26 Å². The predicted molar refractivity (Wildman–Crippen MR) is 64.0 cm³/mol. The molecule has 5 nitrogen and oxygen atoms in total. The van der Waals surface area contributed by atoms with E-state index in [2.05, 4.69) is 9.71 Å². The maximum Gasteiger partial charge on any atom is 0.271 e. The molecular formula is C10H6FN3O2S2. The molecule has 0 aliphatic rings. The van der Waals surface area contributed by atoms with Crippen molar-refractivity contribution in [2.24, 2.45) is 0 Å². The van der Waals surface area contributed by atoms with E-state index in [-0.39, 0.29) is 14.8 Å². The first kappa shape index (κ1) is 12.5. The third kappa shape index (κ3) is 2.47. The minimum absolute atomic E-state index is 0.0461. The number of anilines is 1. The van der Waals surface area contributed by atoms with Gasteiger partial charge in [0.25, 0.3) is 10.0 Å². The van der Waals surface area contributed by atoms with Crippen molar-refractivity contribution in [1.82, 2.24) is 4.98 Å². The number of pyridine rings is 1. The SMILES string of the molecule is N#Cc1ccc(S(=O)(=O)Nc2ccncc2F)s1. The van der Waals surface area contributed by atoms with E-state index in [0.717, 1.165) is 17.5 Å². The lowest BCUT2D eigenvalue weighted by Crippen LogP contribution is -2.12. The Kier molecular flexibility index (Phi) is 3.27. The Hall–Kier alpha value is -1.98. The number of aromatic nitrogens is 1. The Morgan fingerprint density at radius 2 is 2.17 bits per heavy atom. The number of hydrogen-bond donors (Lipinski definition) is 1. The van der Waals surface area contributed by atoms with E-state index in [9.17, 15) is 12.8 Å². The molecule has 18 heavy (non-hydrogen) atoms. The monoisotopic (exact) mass is 283 g/mol. The van der Waals surface area contributed by atoms with Crippen LogP contribution in [-0.4, -0.2) is 13.4 Å². The minimum atomic E-state index is -3.88. The standard InChI is InChI=1S/C10H6FN3O2S2/c11-8-6-13-4-3-9(8)14-18(15,16)10-2-1-7(5-12)17-10/h1-4,6H,(H,13,14). The van der Waals surface area contributed by atoms with Gasteiger partial charge in [-0.05, 0) is 18.2 Å². The number of halogens is 1. The number of sulfonamides is 1. The average molecular weight is 283 g/mol. The fourth-order valence-corrected chi connectivity index (χ4v) is 3.35. The summed E-state index contributed by atoms with van der Waals surface area (Å²) >= 11 is 0.815. The van der Waals surface area contributed by atoms with Crippen LogP contribution in [0, 0.1) is 17.1 Å². The molecule has 2 heterocycles. The van der Waals surface area contributed by atoms with Crippen molar-refractivity contribution < 1.29 is 12.8 Å². The number of nitrogens with zero attached hydrogens (tertiary/aromatic N) is 2. The van der Waals surface area contributed by atoms with Gasteiger partial charge in [0, 0.05) is 6.20 Å². The maximum atomic E-state index is 13.3. The second kappa shape index (κ2) is 4.72. The van der Waals surface area contributed by atoms with Crippen LogP contribution in [0.4, 0.5) is 10.1 Å². The van der Waals surface area contributed by atoms with E-state index >= 15 is 0 Å². The van der Waals surface area contributed by atoms with Crippen LogP contribution in [0.1, 0.15) is 4.88 Å². The van der Waals surface area contributed by atoms with Crippen LogP contribution in [-0.2, 0) is 10.0 Å². The van der Waals surface area contributed by atoms with E-state index in [1.807, 2.05) is 6.07 Å². The topological polar surface area (TPSA) is 82.8 Å².